The van der Waals surface area contributed by atoms with Crippen LogP contribution in [0, 0.1) is 0 Å². The third-order valence-electron chi connectivity index (χ3n) is 4.71. The highest BCUT2D eigenvalue weighted by Crippen LogP contribution is 2.32. The molecule has 0 aliphatic carbocycles. The Balaban J connectivity index is 1.71. The summed E-state index contributed by atoms with van der Waals surface area (Å²) >= 11 is 0. The number of amidine groups is 1. The Morgan fingerprint density at radius 3 is 2.71 bits per heavy atom. The molecule has 110 valence electrons. The lowest BCUT2D eigenvalue weighted by molar-refractivity contribution is 0.160. The lowest BCUT2D eigenvalue weighted by atomic mass is 10.1. The SMILES string of the molecule is CN1C(=O)N2CC(N3CCCCC3)N=C2c2ccccc21. The van der Waals surface area contributed by atoms with Gasteiger partial charge in [-0.05, 0) is 25.0 Å². The number of hydrogen-bond donors (Lipinski definition) is 0. The molecule has 1 fully saturated rings. The Morgan fingerprint density at radius 1 is 1.14 bits per heavy atom. The molecule has 5 heteroatoms. The van der Waals surface area contributed by atoms with Crippen molar-refractivity contribution >= 4 is 17.6 Å². The highest BCUT2D eigenvalue weighted by molar-refractivity contribution is 6.19. The molecule has 0 aromatic heterocycles. The molecule has 1 atom stereocenters. The molecule has 1 saturated heterocycles. The van der Waals surface area contributed by atoms with Crippen molar-refractivity contribution in [2.45, 2.75) is 25.4 Å². The first-order chi connectivity index (χ1) is 10.3. The number of urea groups is 1. The van der Waals surface area contributed by atoms with Crippen LogP contribution in [0.3, 0.4) is 0 Å². The molecule has 1 aromatic carbocycles. The second-order valence-corrected chi connectivity index (χ2v) is 6.00. The quantitative estimate of drug-likeness (QED) is 0.792. The van der Waals surface area contributed by atoms with Gasteiger partial charge in [-0.3, -0.25) is 14.7 Å². The highest BCUT2D eigenvalue weighted by Gasteiger charge is 2.40. The summed E-state index contributed by atoms with van der Waals surface area (Å²) < 4.78 is 0. The summed E-state index contributed by atoms with van der Waals surface area (Å²) in [7, 11) is 1.84. The van der Waals surface area contributed by atoms with Gasteiger partial charge >= 0.3 is 6.03 Å². The van der Waals surface area contributed by atoms with Gasteiger partial charge in [0, 0.05) is 25.7 Å². The summed E-state index contributed by atoms with van der Waals surface area (Å²) in [5.74, 6) is 0.851. The van der Waals surface area contributed by atoms with E-state index in [1.165, 1.54) is 19.3 Å². The number of nitrogens with zero attached hydrogens (tertiary/aromatic N) is 4. The van der Waals surface area contributed by atoms with Gasteiger partial charge in [0.2, 0.25) is 0 Å². The predicted molar refractivity (Wildman–Crippen MR) is 82.7 cm³/mol. The lowest BCUT2D eigenvalue weighted by Gasteiger charge is -2.34. The van der Waals surface area contributed by atoms with E-state index in [2.05, 4.69) is 11.0 Å². The monoisotopic (exact) mass is 284 g/mol. The first kappa shape index (κ1) is 12.8. The number of likely N-dealkylation sites (tertiary alicyclic amines) is 1. The molecule has 0 N–H and O–H groups in total. The summed E-state index contributed by atoms with van der Waals surface area (Å²) in [6.07, 6.45) is 3.93. The average molecular weight is 284 g/mol. The zero-order valence-electron chi connectivity index (χ0n) is 12.3. The van der Waals surface area contributed by atoms with Crippen LogP contribution in [0.4, 0.5) is 10.5 Å². The van der Waals surface area contributed by atoms with Gasteiger partial charge in [-0.15, -0.1) is 0 Å². The fourth-order valence-corrected chi connectivity index (χ4v) is 3.54. The minimum Gasteiger partial charge on any atom is -0.296 e. The van der Waals surface area contributed by atoms with E-state index in [1.54, 1.807) is 4.90 Å². The molecule has 1 aromatic rings. The van der Waals surface area contributed by atoms with Crippen molar-refractivity contribution in [1.29, 1.82) is 0 Å². The average Bonchev–Trinajstić information content (AvgIpc) is 2.99. The summed E-state index contributed by atoms with van der Waals surface area (Å²) in [6.45, 7) is 2.88. The van der Waals surface area contributed by atoms with Crippen molar-refractivity contribution in [2.24, 2.45) is 4.99 Å². The Hall–Kier alpha value is -1.88. The van der Waals surface area contributed by atoms with Gasteiger partial charge in [0.1, 0.15) is 12.0 Å². The van der Waals surface area contributed by atoms with Crippen LogP contribution in [0.2, 0.25) is 0 Å². The molecule has 21 heavy (non-hydrogen) atoms. The van der Waals surface area contributed by atoms with Gasteiger partial charge in [-0.2, -0.15) is 0 Å². The Morgan fingerprint density at radius 2 is 1.90 bits per heavy atom. The third kappa shape index (κ3) is 1.95. The number of anilines is 1. The van der Waals surface area contributed by atoms with Crippen molar-refractivity contribution in [3.8, 4) is 0 Å². The number of fused-ring (bicyclic) bond motifs is 3. The molecule has 3 aliphatic rings. The van der Waals surface area contributed by atoms with Crippen molar-refractivity contribution in [3.05, 3.63) is 29.8 Å². The van der Waals surface area contributed by atoms with Crippen molar-refractivity contribution in [3.63, 3.8) is 0 Å². The minimum absolute atomic E-state index is 0.0342. The number of aliphatic imine (C=N–C) groups is 1. The van der Waals surface area contributed by atoms with Gasteiger partial charge in [0.25, 0.3) is 0 Å². The van der Waals surface area contributed by atoms with Gasteiger partial charge in [-0.25, -0.2) is 9.79 Å². The van der Waals surface area contributed by atoms with E-state index in [0.29, 0.717) is 6.54 Å². The topological polar surface area (TPSA) is 39.2 Å². The van der Waals surface area contributed by atoms with Gasteiger partial charge < -0.3 is 0 Å². The Kier molecular flexibility index (Phi) is 2.96. The summed E-state index contributed by atoms with van der Waals surface area (Å²) in [6, 6.07) is 8.06. The standard InChI is InChI=1S/C16H20N4O/c1-18-13-8-4-3-7-12(13)15-17-14(11-20(15)16(18)21)19-9-5-2-6-10-19/h3-4,7-8,14H,2,5-6,9-11H2,1H3. The minimum atomic E-state index is 0.0342. The van der Waals surface area contributed by atoms with E-state index in [9.17, 15) is 4.79 Å². The number of hydrogen-bond acceptors (Lipinski definition) is 3. The van der Waals surface area contributed by atoms with E-state index in [1.807, 2.05) is 30.1 Å². The third-order valence-corrected chi connectivity index (χ3v) is 4.71. The molecule has 0 saturated carbocycles. The Bertz CT molecular complexity index is 606. The second kappa shape index (κ2) is 4.84. The van der Waals surface area contributed by atoms with Crippen LogP contribution in [0.1, 0.15) is 24.8 Å². The van der Waals surface area contributed by atoms with Gasteiger partial charge in [0.05, 0.1) is 12.2 Å². The van der Waals surface area contributed by atoms with Crippen molar-refractivity contribution in [2.75, 3.05) is 31.6 Å². The molecule has 0 radical (unpaired) electrons. The van der Waals surface area contributed by atoms with Crippen LogP contribution >= 0.6 is 0 Å². The van der Waals surface area contributed by atoms with Crippen LogP contribution in [0.25, 0.3) is 0 Å². The first-order valence-corrected chi connectivity index (χ1v) is 7.72. The first-order valence-electron chi connectivity index (χ1n) is 7.72. The predicted octanol–water partition coefficient (Wildman–Crippen LogP) is 2.13. The van der Waals surface area contributed by atoms with Crippen molar-refractivity contribution in [1.82, 2.24) is 9.80 Å². The zero-order chi connectivity index (χ0) is 14.4. The van der Waals surface area contributed by atoms with Crippen molar-refractivity contribution < 1.29 is 4.79 Å². The largest absolute Gasteiger partial charge is 0.330 e. The molecule has 0 spiro atoms. The number of piperidine rings is 1. The summed E-state index contributed by atoms with van der Waals surface area (Å²) in [5.41, 5.74) is 2.02. The molecule has 3 aliphatic heterocycles. The number of carbonyl (C=O) groups excluding carboxylic acids is 1. The van der Waals surface area contributed by atoms with Crippen LogP contribution in [-0.2, 0) is 0 Å². The number of benzene rings is 1. The van der Waals surface area contributed by atoms with E-state index in [-0.39, 0.29) is 12.2 Å². The highest BCUT2D eigenvalue weighted by atomic mass is 16.2. The Labute approximate surface area is 124 Å². The summed E-state index contributed by atoms with van der Waals surface area (Å²) in [5, 5.41) is 0. The molecular formula is C16H20N4O. The van der Waals surface area contributed by atoms with Gasteiger partial charge in [0.15, 0.2) is 0 Å². The van der Waals surface area contributed by atoms with E-state index in [0.717, 1.165) is 30.2 Å². The molecule has 1 unspecified atom stereocenters. The zero-order valence-corrected chi connectivity index (χ0v) is 12.3. The lowest BCUT2D eigenvalue weighted by Crippen LogP contribution is -2.50. The number of rotatable bonds is 1. The molecular weight excluding hydrogens is 264 g/mol. The maximum Gasteiger partial charge on any atom is 0.330 e. The smallest absolute Gasteiger partial charge is 0.296 e. The molecule has 2 amide bonds. The maximum atomic E-state index is 12.6. The van der Waals surface area contributed by atoms with Crippen LogP contribution in [0.5, 0.6) is 0 Å². The summed E-state index contributed by atoms with van der Waals surface area (Å²) in [4.78, 5) is 23.4. The van der Waals surface area contributed by atoms with Crippen LogP contribution in [0.15, 0.2) is 29.3 Å². The second-order valence-electron chi connectivity index (χ2n) is 6.00. The maximum absolute atomic E-state index is 12.6. The normalized spacial score (nSPS) is 25.7. The number of amides is 2. The molecule has 4 rings (SSSR count). The number of para-hydroxylation sites is 1. The van der Waals surface area contributed by atoms with E-state index < -0.39 is 0 Å². The molecule has 5 nitrogen and oxygen atoms in total. The van der Waals surface area contributed by atoms with Gasteiger partial charge in [-0.1, -0.05) is 18.6 Å². The number of carbonyl (C=O) groups is 1. The molecule has 3 heterocycles. The van der Waals surface area contributed by atoms with Crippen LogP contribution < -0.4 is 4.90 Å². The fraction of sp³-hybridized carbons (Fsp3) is 0.500. The van der Waals surface area contributed by atoms with Crippen LogP contribution in [-0.4, -0.2) is 54.5 Å². The fourth-order valence-electron chi connectivity index (χ4n) is 3.54. The van der Waals surface area contributed by atoms with E-state index in [4.69, 9.17) is 4.99 Å². The molecule has 0 bridgehead atoms. The van der Waals surface area contributed by atoms with E-state index >= 15 is 0 Å².